The molecular weight excluding hydrogens is 240 g/mol. The van der Waals surface area contributed by atoms with E-state index in [4.69, 9.17) is 10.5 Å². The van der Waals surface area contributed by atoms with Gasteiger partial charge in [0.25, 0.3) is 0 Å². The molecule has 0 heterocycles. The van der Waals surface area contributed by atoms with Gasteiger partial charge in [-0.15, -0.1) is 0 Å². The monoisotopic (exact) mass is 260 g/mol. The van der Waals surface area contributed by atoms with Crippen LogP contribution in [0, 0.1) is 5.92 Å². The smallest absolute Gasteiger partial charge is 0.223 e. The molecule has 1 aromatic carbocycles. The zero-order valence-corrected chi connectivity index (χ0v) is 11.1. The predicted octanol–water partition coefficient (Wildman–Crippen LogP) is 1.40. The van der Waals surface area contributed by atoms with E-state index < -0.39 is 0 Å². The number of nitrogens with one attached hydrogen (secondary N) is 1. The molecule has 102 valence electrons. The summed E-state index contributed by atoms with van der Waals surface area (Å²) in [6, 6.07) is 8.59. The third kappa shape index (κ3) is 2.59. The lowest BCUT2D eigenvalue weighted by atomic mass is 9.87. The van der Waals surface area contributed by atoms with Gasteiger partial charge in [-0.25, -0.2) is 0 Å². The summed E-state index contributed by atoms with van der Waals surface area (Å²) < 4.78 is 5.14. The maximum absolute atomic E-state index is 12.0. The van der Waals surface area contributed by atoms with Crippen LogP contribution in [0.25, 0.3) is 0 Å². The number of carbonyl (C=O) groups excluding carboxylic acids is 1. The van der Waals surface area contributed by atoms with E-state index in [2.05, 4.69) is 17.4 Å². The first-order chi connectivity index (χ1) is 9.17. The van der Waals surface area contributed by atoms with Crippen molar-refractivity contribution in [3.8, 4) is 5.75 Å². The number of methoxy groups -OCH3 is 1. The Bertz CT molecular complexity index is 466. The molecule has 0 aromatic heterocycles. The fourth-order valence-corrected chi connectivity index (χ4v) is 2.79. The highest BCUT2D eigenvalue weighted by molar-refractivity contribution is 5.83. The van der Waals surface area contributed by atoms with Gasteiger partial charge in [-0.2, -0.15) is 0 Å². The first kappa shape index (κ1) is 12.5. The van der Waals surface area contributed by atoms with Gasteiger partial charge in [-0.3, -0.25) is 4.79 Å². The Morgan fingerprint density at radius 1 is 1.26 bits per heavy atom. The largest absolute Gasteiger partial charge is 0.497 e. The minimum Gasteiger partial charge on any atom is -0.497 e. The predicted molar refractivity (Wildman–Crippen MR) is 73.0 cm³/mol. The van der Waals surface area contributed by atoms with E-state index in [1.165, 1.54) is 5.56 Å². The van der Waals surface area contributed by atoms with Crippen molar-refractivity contribution in [3.05, 3.63) is 29.8 Å². The average molecular weight is 260 g/mol. The Balaban J connectivity index is 1.53. The molecule has 3 rings (SSSR count). The first-order valence-corrected chi connectivity index (χ1v) is 6.87. The topological polar surface area (TPSA) is 64.3 Å². The summed E-state index contributed by atoms with van der Waals surface area (Å²) in [5.74, 6) is 1.57. The van der Waals surface area contributed by atoms with E-state index >= 15 is 0 Å². The minimum atomic E-state index is 0.144. The lowest BCUT2D eigenvalue weighted by Crippen LogP contribution is -2.50. The van der Waals surface area contributed by atoms with Crippen molar-refractivity contribution in [2.45, 2.75) is 37.3 Å². The molecule has 1 aromatic rings. The third-order valence-corrected chi connectivity index (χ3v) is 4.19. The number of hydrogen-bond acceptors (Lipinski definition) is 3. The van der Waals surface area contributed by atoms with Crippen molar-refractivity contribution in [3.63, 3.8) is 0 Å². The van der Waals surface area contributed by atoms with Gasteiger partial charge in [-0.1, -0.05) is 12.1 Å². The van der Waals surface area contributed by atoms with Gasteiger partial charge in [-0.05, 0) is 42.9 Å². The first-order valence-electron chi connectivity index (χ1n) is 6.87. The molecule has 0 spiro atoms. The van der Waals surface area contributed by atoms with Crippen molar-refractivity contribution < 1.29 is 9.53 Å². The van der Waals surface area contributed by atoms with Crippen LogP contribution in [0.5, 0.6) is 5.75 Å². The summed E-state index contributed by atoms with van der Waals surface area (Å²) in [6.45, 7) is 0. The summed E-state index contributed by atoms with van der Waals surface area (Å²) in [5, 5.41) is 3.09. The van der Waals surface area contributed by atoms with E-state index in [0.717, 1.165) is 25.0 Å². The van der Waals surface area contributed by atoms with Gasteiger partial charge in [0.05, 0.1) is 7.11 Å². The number of nitrogens with two attached hydrogens (primary N) is 1. The number of hydrogen-bond donors (Lipinski definition) is 2. The SMILES string of the molecule is COc1ccc(C2CC2C(=O)NC2CC(N)C2)cc1. The summed E-state index contributed by atoms with van der Waals surface area (Å²) in [5.41, 5.74) is 6.95. The Kier molecular flexibility index (Phi) is 3.19. The molecule has 4 nitrogen and oxygen atoms in total. The van der Waals surface area contributed by atoms with Crippen LogP contribution < -0.4 is 15.8 Å². The molecule has 2 aliphatic rings. The minimum absolute atomic E-state index is 0.144. The molecule has 2 saturated carbocycles. The van der Waals surface area contributed by atoms with Crippen LogP contribution in [0.1, 0.15) is 30.7 Å². The van der Waals surface area contributed by atoms with Crippen LogP contribution in [-0.2, 0) is 4.79 Å². The third-order valence-electron chi connectivity index (χ3n) is 4.19. The van der Waals surface area contributed by atoms with E-state index in [-0.39, 0.29) is 17.9 Å². The number of amides is 1. The fourth-order valence-electron chi connectivity index (χ4n) is 2.79. The maximum Gasteiger partial charge on any atom is 0.223 e. The Morgan fingerprint density at radius 3 is 2.53 bits per heavy atom. The van der Waals surface area contributed by atoms with Crippen LogP contribution in [-0.4, -0.2) is 25.1 Å². The van der Waals surface area contributed by atoms with Crippen LogP contribution in [0.15, 0.2) is 24.3 Å². The molecule has 0 radical (unpaired) electrons. The van der Waals surface area contributed by atoms with E-state index in [0.29, 0.717) is 12.0 Å². The van der Waals surface area contributed by atoms with Crippen molar-refractivity contribution in [2.75, 3.05) is 7.11 Å². The summed E-state index contributed by atoms with van der Waals surface area (Å²) in [6.07, 6.45) is 2.80. The molecule has 2 aliphatic carbocycles. The van der Waals surface area contributed by atoms with Gasteiger partial charge in [0, 0.05) is 18.0 Å². The molecule has 2 unspecified atom stereocenters. The number of rotatable bonds is 4. The molecule has 2 atom stereocenters. The van der Waals surface area contributed by atoms with Gasteiger partial charge in [0.15, 0.2) is 0 Å². The highest BCUT2D eigenvalue weighted by Gasteiger charge is 2.45. The van der Waals surface area contributed by atoms with Gasteiger partial charge < -0.3 is 15.8 Å². The molecular formula is C15H20N2O2. The lowest BCUT2D eigenvalue weighted by Gasteiger charge is -2.33. The number of ether oxygens (including phenoxy) is 1. The standard InChI is InChI=1S/C15H20N2O2/c1-19-12-4-2-9(3-5-12)13-8-14(13)15(18)17-11-6-10(16)7-11/h2-5,10-11,13-14H,6-8,16H2,1H3,(H,17,18). The van der Waals surface area contributed by atoms with Crippen molar-refractivity contribution in [2.24, 2.45) is 11.7 Å². The molecule has 0 aliphatic heterocycles. The Morgan fingerprint density at radius 2 is 1.95 bits per heavy atom. The highest BCUT2D eigenvalue weighted by atomic mass is 16.5. The summed E-state index contributed by atoms with van der Waals surface area (Å²) >= 11 is 0. The van der Waals surface area contributed by atoms with Crippen molar-refractivity contribution >= 4 is 5.91 Å². The van der Waals surface area contributed by atoms with E-state index in [1.54, 1.807) is 7.11 Å². The number of benzene rings is 1. The molecule has 2 fully saturated rings. The Hall–Kier alpha value is -1.55. The van der Waals surface area contributed by atoms with Gasteiger partial charge in [0.2, 0.25) is 5.91 Å². The van der Waals surface area contributed by atoms with Gasteiger partial charge in [0.1, 0.15) is 5.75 Å². The second kappa shape index (κ2) is 4.85. The molecule has 4 heteroatoms. The molecule has 3 N–H and O–H groups in total. The lowest BCUT2D eigenvalue weighted by molar-refractivity contribution is -0.123. The van der Waals surface area contributed by atoms with Crippen LogP contribution in [0.3, 0.4) is 0 Å². The van der Waals surface area contributed by atoms with Crippen LogP contribution in [0.4, 0.5) is 0 Å². The molecule has 0 bridgehead atoms. The van der Waals surface area contributed by atoms with E-state index in [1.807, 2.05) is 12.1 Å². The van der Waals surface area contributed by atoms with Crippen molar-refractivity contribution in [1.29, 1.82) is 0 Å². The summed E-state index contributed by atoms with van der Waals surface area (Å²) in [7, 11) is 1.66. The van der Waals surface area contributed by atoms with Crippen LogP contribution >= 0.6 is 0 Å². The fraction of sp³-hybridized carbons (Fsp3) is 0.533. The normalized spacial score (nSPS) is 32.3. The number of carbonyl (C=O) groups is 1. The van der Waals surface area contributed by atoms with Crippen LogP contribution in [0.2, 0.25) is 0 Å². The average Bonchev–Trinajstić information content (AvgIpc) is 3.17. The zero-order chi connectivity index (χ0) is 13.4. The van der Waals surface area contributed by atoms with E-state index in [9.17, 15) is 4.79 Å². The zero-order valence-electron chi connectivity index (χ0n) is 11.1. The highest BCUT2D eigenvalue weighted by Crippen LogP contribution is 2.48. The second-order valence-corrected chi connectivity index (χ2v) is 5.66. The Labute approximate surface area is 113 Å². The molecule has 19 heavy (non-hydrogen) atoms. The van der Waals surface area contributed by atoms with Gasteiger partial charge >= 0.3 is 0 Å². The quantitative estimate of drug-likeness (QED) is 0.860. The molecule has 0 saturated heterocycles. The second-order valence-electron chi connectivity index (χ2n) is 5.66. The summed E-state index contributed by atoms with van der Waals surface area (Å²) in [4.78, 5) is 12.0. The maximum atomic E-state index is 12.0. The molecule has 1 amide bonds. The van der Waals surface area contributed by atoms with Crippen molar-refractivity contribution in [1.82, 2.24) is 5.32 Å².